The minimum absolute atomic E-state index is 0.0564. The lowest BCUT2D eigenvalue weighted by atomic mass is 9.97. The summed E-state index contributed by atoms with van der Waals surface area (Å²) in [5.41, 5.74) is 5.75. The van der Waals surface area contributed by atoms with Gasteiger partial charge in [0.2, 0.25) is 5.91 Å². The first-order valence-electron chi connectivity index (χ1n) is 4.77. The van der Waals surface area contributed by atoms with E-state index in [-0.39, 0.29) is 18.0 Å². The molecule has 0 radical (unpaired) electrons. The summed E-state index contributed by atoms with van der Waals surface area (Å²) in [6.45, 7) is 0.998. The Morgan fingerprint density at radius 2 is 2.31 bits per heavy atom. The van der Waals surface area contributed by atoms with Crippen LogP contribution in [0.25, 0.3) is 0 Å². The molecule has 1 heterocycles. The van der Waals surface area contributed by atoms with Gasteiger partial charge in [-0.15, -0.1) is 0 Å². The molecule has 0 aromatic carbocycles. The second-order valence-corrected chi connectivity index (χ2v) is 4.06. The molecule has 13 heavy (non-hydrogen) atoms. The normalized spacial score (nSPS) is 29.1. The number of carbonyl (C=O) groups excluding carboxylic acids is 1. The summed E-state index contributed by atoms with van der Waals surface area (Å²) in [7, 11) is 4.06. The zero-order valence-corrected chi connectivity index (χ0v) is 8.42. The lowest BCUT2D eigenvalue weighted by Gasteiger charge is -2.28. The van der Waals surface area contributed by atoms with Crippen LogP contribution in [0.3, 0.4) is 0 Å². The van der Waals surface area contributed by atoms with Gasteiger partial charge in [-0.2, -0.15) is 0 Å². The van der Waals surface area contributed by atoms with Crippen molar-refractivity contribution < 1.29 is 4.79 Å². The first-order chi connectivity index (χ1) is 6.08. The van der Waals surface area contributed by atoms with E-state index in [1.807, 2.05) is 14.1 Å². The van der Waals surface area contributed by atoms with Crippen molar-refractivity contribution in [3.8, 4) is 0 Å². The highest BCUT2D eigenvalue weighted by atomic mass is 16.1. The van der Waals surface area contributed by atoms with Crippen molar-refractivity contribution in [1.82, 2.24) is 10.2 Å². The van der Waals surface area contributed by atoms with Crippen LogP contribution in [0.5, 0.6) is 0 Å². The lowest BCUT2D eigenvalue weighted by Crippen LogP contribution is -2.48. The molecule has 0 spiro atoms. The number of nitrogens with two attached hydrogens (primary N) is 1. The van der Waals surface area contributed by atoms with Gasteiger partial charge in [0.25, 0.3) is 0 Å². The Balaban J connectivity index is 2.29. The zero-order valence-electron chi connectivity index (χ0n) is 8.42. The van der Waals surface area contributed by atoms with Crippen molar-refractivity contribution >= 4 is 5.91 Å². The van der Waals surface area contributed by atoms with E-state index in [0.29, 0.717) is 6.42 Å². The molecule has 0 saturated carbocycles. The van der Waals surface area contributed by atoms with Gasteiger partial charge in [0, 0.05) is 18.5 Å². The Morgan fingerprint density at radius 3 is 2.85 bits per heavy atom. The SMILES string of the molecule is CN(C)CCC1CC(N)CC(=O)N1. The minimum Gasteiger partial charge on any atom is -0.353 e. The van der Waals surface area contributed by atoms with Gasteiger partial charge in [-0.3, -0.25) is 4.79 Å². The fourth-order valence-corrected chi connectivity index (χ4v) is 1.64. The van der Waals surface area contributed by atoms with Gasteiger partial charge < -0.3 is 16.0 Å². The number of hydrogen-bond acceptors (Lipinski definition) is 3. The Hall–Kier alpha value is -0.610. The minimum atomic E-state index is 0.0564. The second kappa shape index (κ2) is 4.58. The molecule has 1 fully saturated rings. The van der Waals surface area contributed by atoms with Gasteiger partial charge in [-0.25, -0.2) is 0 Å². The summed E-state index contributed by atoms with van der Waals surface area (Å²) < 4.78 is 0. The number of piperidine rings is 1. The summed E-state index contributed by atoms with van der Waals surface area (Å²) in [6.07, 6.45) is 2.39. The standard InChI is InChI=1S/C9H19N3O/c1-12(2)4-3-8-5-7(10)6-9(13)11-8/h7-8H,3-6,10H2,1-2H3,(H,11,13). The number of amides is 1. The molecule has 1 saturated heterocycles. The van der Waals surface area contributed by atoms with Crippen molar-refractivity contribution in [1.29, 1.82) is 0 Å². The van der Waals surface area contributed by atoms with Crippen LogP contribution >= 0.6 is 0 Å². The van der Waals surface area contributed by atoms with E-state index < -0.39 is 0 Å². The highest BCUT2D eigenvalue weighted by Crippen LogP contribution is 2.10. The van der Waals surface area contributed by atoms with Gasteiger partial charge >= 0.3 is 0 Å². The second-order valence-electron chi connectivity index (χ2n) is 4.06. The Morgan fingerprint density at radius 1 is 1.62 bits per heavy atom. The summed E-state index contributed by atoms with van der Waals surface area (Å²) in [5.74, 6) is 0.0995. The molecule has 1 amide bonds. The van der Waals surface area contributed by atoms with E-state index in [4.69, 9.17) is 5.73 Å². The molecule has 0 aromatic heterocycles. The smallest absolute Gasteiger partial charge is 0.221 e. The lowest BCUT2D eigenvalue weighted by molar-refractivity contribution is -0.123. The van der Waals surface area contributed by atoms with E-state index >= 15 is 0 Å². The fourth-order valence-electron chi connectivity index (χ4n) is 1.64. The summed E-state index contributed by atoms with van der Waals surface area (Å²) >= 11 is 0. The van der Waals surface area contributed by atoms with E-state index in [1.165, 1.54) is 0 Å². The van der Waals surface area contributed by atoms with Gasteiger partial charge in [0.1, 0.15) is 0 Å². The molecule has 0 bridgehead atoms. The van der Waals surface area contributed by atoms with Crippen LogP contribution in [-0.4, -0.2) is 43.5 Å². The maximum absolute atomic E-state index is 11.1. The van der Waals surface area contributed by atoms with Crippen LogP contribution in [0.2, 0.25) is 0 Å². The van der Waals surface area contributed by atoms with Crippen molar-refractivity contribution in [3.63, 3.8) is 0 Å². The molecule has 2 atom stereocenters. The van der Waals surface area contributed by atoms with Crippen LogP contribution in [0.4, 0.5) is 0 Å². The molecule has 4 heteroatoms. The topological polar surface area (TPSA) is 58.4 Å². The van der Waals surface area contributed by atoms with Crippen LogP contribution < -0.4 is 11.1 Å². The first kappa shape index (κ1) is 10.5. The average molecular weight is 185 g/mol. The largest absolute Gasteiger partial charge is 0.353 e. The maximum atomic E-state index is 11.1. The Labute approximate surface area is 79.5 Å². The molecular formula is C9H19N3O. The van der Waals surface area contributed by atoms with E-state index in [0.717, 1.165) is 19.4 Å². The average Bonchev–Trinajstić information content (AvgIpc) is 1.99. The molecule has 76 valence electrons. The molecular weight excluding hydrogens is 166 g/mol. The number of nitrogens with one attached hydrogen (secondary N) is 1. The quantitative estimate of drug-likeness (QED) is 0.626. The molecule has 0 aliphatic carbocycles. The van der Waals surface area contributed by atoms with Gasteiger partial charge in [0.05, 0.1) is 0 Å². The number of nitrogens with zero attached hydrogens (tertiary/aromatic N) is 1. The van der Waals surface area contributed by atoms with Crippen molar-refractivity contribution in [2.24, 2.45) is 5.73 Å². The maximum Gasteiger partial charge on any atom is 0.221 e. The third-order valence-electron chi connectivity index (χ3n) is 2.32. The highest BCUT2D eigenvalue weighted by molar-refractivity contribution is 5.77. The van der Waals surface area contributed by atoms with E-state index in [1.54, 1.807) is 0 Å². The third-order valence-corrected chi connectivity index (χ3v) is 2.32. The van der Waals surface area contributed by atoms with Gasteiger partial charge in [-0.05, 0) is 33.5 Å². The Kier molecular flexibility index (Phi) is 3.69. The molecule has 2 unspecified atom stereocenters. The Bertz CT molecular complexity index is 182. The van der Waals surface area contributed by atoms with Crippen LogP contribution in [0.1, 0.15) is 19.3 Å². The van der Waals surface area contributed by atoms with Crippen molar-refractivity contribution in [2.45, 2.75) is 31.3 Å². The van der Waals surface area contributed by atoms with E-state index in [2.05, 4.69) is 10.2 Å². The van der Waals surface area contributed by atoms with Crippen LogP contribution in [-0.2, 0) is 4.79 Å². The molecule has 1 rings (SSSR count). The van der Waals surface area contributed by atoms with E-state index in [9.17, 15) is 4.79 Å². The van der Waals surface area contributed by atoms with Gasteiger partial charge in [0.15, 0.2) is 0 Å². The van der Waals surface area contributed by atoms with Crippen LogP contribution in [0, 0.1) is 0 Å². The third kappa shape index (κ3) is 3.74. The predicted molar refractivity (Wildman–Crippen MR) is 52.3 cm³/mol. The zero-order chi connectivity index (χ0) is 9.84. The monoisotopic (exact) mass is 185 g/mol. The summed E-state index contributed by atoms with van der Waals surface area (Å²) in [4.78, 5) is 13.2. The fraction of sp³-hybridized carbons (Fsp3) is 0.889. The molecule has 0 aromatic rings. The molecule has 1 aliphatic rings. The van der Waals surface area contributed by atoms with Crippen molar-refractivity contribution in [2.75, 3.05) is 20.6 Å². The van der Waals surface area contributed by atoms with Crippen LogP contribution in [0.15, 0.2) is 0 Å². The summed E-state index contributed by atoms with van der Waals surface area (Å²) in [6, 6.07) is 0.333. The molecule has 4 nitrogen and oxygen atoms in total. The predicted octanol–water partition coefficient (Wildman–Crippen LogP) is -0.456. The number of rotatable bonds is 3. The van der Waals surface area contributed by atoms with Crippen molar-refractivity contribution in [3.05, 3.63) is 0 Å². The number of carbonyl (C=O) groups is 1. The highest BCUT2D eigenvalue weighted by Gasteiger charge is 2.23. The van der Waals surface area contributed by atoms with Gasteiger partial charge in [-0.1, -0.05) is 0 Å². The molecule has 3 N–H and O–H groups in total. The summed E-state index contributed by atoms with van der Waals surface area (Å²) in [5, 5.41) is 2.96. The number of hydrogen-bond donors (Lipinski definition) is 2. The first-order valence-corrected chi connectivity index (χ1v) is 4.77. The molecule has 1 aliphatic heterocycles.